The minimum atomic E-state index is -0.712. The quantitative estimate of drug-likeness (QED) is 0.820. The van der Waals surface area contributed by atoms with Crippen molar-refractivity contribution in [1.82, 2.24) is 4.90 Å². The van der Waals surface area contributed by atoms with Gasteiger partial charge in [-0.1, -0.05) is 20.8 Å². The molecule has 0 aromatic carbocycles. The molecular formula is C13H23NO3. The number of carbonyl (C=O) groups is 2. The number of nitrogens with zero attached hydrogens (tertiary/aromatic N) is 1. The van der Waals surface area contributed by atoms with Gasteiger partial charge in [-0.2, -0.15) is 0 Å². The van der Waals surface area contributed by atoms with Crippen molar-refractivity contribution in [2.45, 2.75) is 46.5 Å². The standard InChI is InChI=1S/C13H23NO3/c1-4-13(12(16)17)5-7-14(8-6-13)11(15)9-10(2)3/h10H,4-9H2,1-3H3,(H,16,17). The Morgan fingerprint density at radius 3 is 2.18 bits per heavy atom. The molecule has 0 saturated carbocycles. The van der Waals surface area contributed by atoms with E-state index in [4.69, 9.17) is 0 Å². The monoisotopic (exact) mass is 241 g/mol. The van der Waals surface area contributed by atoms with E-state index in [1.165, 1.54) is 0 Å². The lowest BCUT2D eigenvalue weighted by molar-refractivity contribution is -0.154. The van der Waals surface area contributed by atoms with Gasteiger partial charge < -0.3 is 10.0 Å². The molecule has 0 unspecified atom stereocenters. The second-order valence-electron chi connectivity index (χ2n) is 5.42. The van der Waals surface area contributed by atoms with Crippen LogP contribution in [0.2, 0.25) is 0 Å². The summed E-state index contributed by atoms with van der Waals surface area (Å²) >= 11 is 0. The van der Waals surface area contributed by atoms with E-state index < -0.39 is 11.4 Å². The molecule has 1 heterocycles. The van der Waals surface area contributed by atoms with Crippen molar-refractivity contribution >= 4 is 11.9 Å². The van der Waals surface area contributed by atoms with Crippen molar-refractivity contribution < 1.29 is 14.7 Å². The first-order chi connectivity index (χ1) is 7.91. The van der Waals surface area contributed by atoms with Gasteiger partial charge in [0.05, 0.1) is 5.41 Å². The molecule has 17 heavy (non-hydrogen) atoms. The fraction of sp³-hybridized carbons (Fsp3) is 0.846. The highest BCUT2D eigenvalue weighted by Gasteiger charge is 2.40. The van der Waals surface area contributed by atoms with Gasteiger partial charge in [-0.25, -0.2) is 0 Å². The molecule has 0 atom stereocenters. The first-order valence-electron chi connectivity index (χ1n) is 6.42. The van der Waals surface area contributed by atoms with E-state index in [9.17, 15) is 14.7 Å². The summed E-state index contributed by atoms with van der Waals surface area (Å²) in [6, 6.07) is 0. The Labute approximate surface area is 103 Å². The van der Waals surface area contributed by atoms with Crippen LogP contribution in [0, 0.1) is 11.3 Å². The Hall–Kier alpha value is -1.06. The van der Waals surface area contributed by atoms with Crippen molar-refractivity contribution in [2.75, 3.05) is 13.1 Å². The molecule has 1 N–H and O–H groups in total. The van der Waals surface area contributed by atoms with Gasteiger partial charge in [0, 0.05) is 19.5 Å². The molecule has 98 valence electrons. The number of carboxylic acid groups (broad SMARTS) is 1. The van der Waals surface area contributed by atoms with Crippen LogP contribution in [0.15, 0.2) is 0 Å². The maximum atomic E-state index is 11.9. The Kier molecular flexibility index (Phi) is 4.54. The summed E-state index contributed by atoms with van der Waals surface area (Å²) in [7, 11) is 0. The fourth-order valence-electron chi connectivity index (χ4n) is 2.38. The number of carbonyl (C=O) groups excluding carboxylic acids is 1. The average Bonchev–Trinajstić information content (AvgIpc) is 2.28. The van der Waals surface area contributed by atoms with Gasteiger partial charge in [0.1, 0.15) is 0 Å². The molecule has 1 rings (SSSR count). The minimum absolute atomic E-state index is 0.162. The summed E-state index contributed by atoms with van der Waals surface area (Å²) in [5.74, 6) is -0.189. The van der Waals surface area contributed by atoms with Crippen LogP contribution in [0.25, 0.3) is 0 Å². The third kappa shape index (κ3) is 3.20. The Morgan fingerprint density at radius 2 is 1.82 bits per heavy atom. The van der Waals surface area contributed by atoms with E-state index in [0.717, 1.165) is 0 Å². The second kappa shape index (κ2) is 5.52. The lowest BCUT2D eigenvalue weighted by atomic mass is 9.76. The zero-order valence-electron chi connectivity index (χ0n) is 11.0. The van der Waals surface area contributed by atoms with Crippen molar-refractivity contribution in [3.63, 3.8) is 0 Å². The molecule has 1 fully saturated rings. The maximum absolute atomic E-state index is 11.9. The first kappa shape index (κ1) is 14.0. The summed E-state index contributed by atoms with van der Waals surface area (Å²) in [5, 5.41) is 9.26. The number of amides is 1. The molecule has 4 heteroatoms. The van der Waals surface area contributed by atoms with Gasteiger partial charge in [0.25, 0.3) is 0 Å². The number of hydrogen-bond acceptors (Lipinski definition) is 2. The predicted octanol–water partition coefficient (Wildman–Crippen LogP) is 2.14. The van der Waals surface area contributed by atoms with Crippen LogP contribution in [-0.2, 0) is 9.59 Å². The number of likely N-dealkylation sites (tertiary alicyclic amines) is 1. The summed E-state index contributed by atoms with van der Waals surface area (Å²) in [6.45, 7) is 7.14. The second-order valence-corrected chi connectivity index (χ2v) is 5.42. The van der Waals surface area contributed by atoms with Gasteiger partial charge in [0.15, 0.2) is 0 Å². The van der Waals surface area contributed by atoms with Gasteiger partial charge in [-0.05, 0) is 25.2 Å². The minimum Gasteiger partial charge on any atom is -0.481 e. The average molecular weight is 241 g/mol. The van der Waals surface area contributed by atoms with E-state index in [0.29, 0.717) is 44.7 Å². The smallest absolute Gasteiger partial charge is 0.309 e. The van der Waals surface area contributed by atoms with E-state index in [-0.39, 0.29) is 5.91 Å². The number of carboxylic acids is 1. The van der Waals surface area contributed by atoms with E-state index in [2.05, 4.69) is 0 Å². The molecule has 1 amide bonds. The van der Waals surface area contributed by atoms with Crippen molar-refractivity contribution in [3.8, 4) is 0 Å². The predicted molar refractivity (Wildman–Crippen MR) is 65.6 cm³/mol. The maximum Gasteiger partial charge on any atom is 0.309 e. The lowest BCUT2D eigenvalue weighted by Crippen LogP contribution is -2.46. The highest BCUT2D eigenvalue weighted by atomic mass is 16.4. The molecule has 0 aromatic heterocycles. The molecule has 1 aliphatic rings. The Morgan fingerprint density at radius 1 is 1.29 bits per heavy atom. The lowest BCUT2D eigenvalue weighted by Gasteiger charge is -2.38. The summed E-state index contributed by atoms with van der Waals surface area (Å²) in [4.78, 5) is 24.9. The zero-order chi connectivity index (χ0) is 13.1. The van der Waals surface area contributed by atoms with Crippen LogP contribution < -0.4 is 0 Å². The van der Waals surface area contributed by atoms with E-state index in [1.54, 1.807) is 0 Å². The SMILES string of the molecule is CCC1(C(=O)O)CCN(C(=O)CC(C)C)CC1. The summed E-state index contributed by atoms with van der Waals surface area (Å²) in [6.07, 6.45) is 2.38. The Balaban J connectivity index is 2.55. The third-order valence-corrected chi connectivity index (χ3v) is 3.79. The van der Waals surface area contributed by atoms with Crippen LogP contribution in [0.4, 0.5) is 0 Å². The van der Waals surface area contributed by atoms with Crippen LogP contribution in [0.1, 0.15) is 46.5 Å². The number of hydrogen-bond donors (Lipinski definition) is 1. The van der Waals surface area contributed by atoms with Crippen molar-refractivity contribution in [3.05, 3.63) is 0 Å². The third-order valence-electron chi connectivity index (χ3n) is 3.79. The van der Waals surface area contributed by atoms with Crippen LogP contribution in [-0.4, -0.2) is 35.0 Å². The number of piperidine rings is 1. The van der Waals surface area contributed by atoms with Crippen molar-refractivity contribution in [2.24, 2.45) is 11.3 Å². The normalized spacial score (nSPS) is 19.4. The van der Waals surface area contributed by atoms with E-state index in [1.807, 2.05) is 25.7 Å². The van der Waals surface area contributed by atoms with Gasteiger partial charge >= 0.3 is 5.97 Å². The van der Waals surface area contributed by atoms with Crippen LogP contribution >= 0.6 is 0 Å². The molecule has 0 spiro atoms. The first-order valence-corrected chi connectivity index (χ1v) is 6.42. The van der Waals surface area contributed by atoms with Crippen LogP contribution in [0.3, 0.4) is 0 Å². The summed E-state index contributed by atoms with van der Waals surface area (Å²) < 4.78 is 0. The topological polar surface area (TPSA) is 57.6 Å². The van der Waals surface area contributed by atoms with Crippen LogP contribution in [0.5, 0.6) is 0 Å². The Bertz CT molecular complexity index is 291. The van der Waals surface area contributed by atoms with E-state index >= 15 is 0 Å². The molecule has 4 nitrogen and oxygen atoms in total. The fourth-order valence-corrected chi connectivity index (χ4v) is 2.38. The molecule has 0 bridgehead atoms. The number of aliphatic carboxylic acids is 1. The molecule has 1 saturated heterocycles. The highest BCUT2D eigenvalue weighted by Crippen LogP contribution is 2.35. The van der Waals surface area contributed by atoms with Gasteiger partial charge in [-0.3, -0.25) is 9.59 Å². The largest absolute Gasteiger partial charge is 0.481 e. The van der Waals surface area contributed by atoms with Gasteiger partial charge in [-0.15, -0.1) is 0 Å². The van der Waals surface area contributed by atoms with Crippen molar-refractivity contribution in [1.29, 1.82) is 0 Å². The summed E-state index contributed by atoms with van der Waals surface area (Å²) in [5.41, 5.74) is -0.603. The molecule has 0 aromatic rings. The molecular weight excluding hydrogens is 218 g/mol. The molecule has 0 aliphatic carbocycles. The molecule has 1 aliphatic heterocycles. The zero-order valence-corrected chi connectivity index (χ0v) is 11.0. The highest BCUT2D eigenvalue weighted by molar-refractivity contribution is 5.78. The van der Waals surface area contributed by atoms with Gasteiger partial charge in [0.2, 0.25) is 5.91 Å². The number of rotatable bonds is 4. The molecule has 0 radical (unpaired) electrons.